The quantitative estimate of drug-likeness (QED) is 0.309. The number of nitrogens with zero attached hydrogens (tertiary/aromatic N) is 2. The molecule has 0 saturated carbocycles. The number of nitrogens with one attached hydrogen (secondary N) is 1. The van der Waals surface area contributed by atoms with Crippen molar-refractivity contribution in [3.63, 3.8) is 0 Å². The molecule has 0 aliphatic carbocycles. The second kappa shape index (κ2) is 10.8. The van der Waals surface area contributed by atoms with Gasteiger partial charge in [0, 0.05) is 29.1 Å². The number of fused-ring (bicyclic) bond motifs is 1. The summed E-state index contributed by atoms with van der Waals surface area (Å²) in [6.07, 6.45) is 1.82. The molecular formula is C27H26FN3O4. The first-order valence-electron chi connectivity index (χ1n) is 11.4. The van der Waals surface area contributed by atoms with Gasteiger partial charge < -0.3 is 19.9 Å². The Morgan fingerprint density at radius 3 is 2.54 bits per heavy atom. The van der Waals surface area contributed by atoms with Crippen molar-refractivity contribution in [2.24, 2.45) is 0 Å². The molecule has 0 spiro atoms. The lowest BCUT2D eigenvalue weighted by Crippen LogP contribution is -2.10. The predicted molar refractivity (Wildman–Crippen MR) is 133 cm³/mol. The third-order valence-corrected chi connectivity index (χ3v) is 5.50. The van der Waals surface area contributed by atoms with Crippen molar-refractivity contribution in [3.05, 3.63) is 77.9 Å². The predicted octanol–water partition coefficient (Wildman–Crippen LogP) is 5.59. The van der Waals surface area contributed by atoms with Crippen LogP contribution in [0.5, 0.6) is 11.5 Å². The summed E-state index contributed by atoms with van der Waals surface area (Å²) in [6.45, 7) is 4.87. The van der Waals surface area contributed by atoms with Crippen molar-refractivity contribution in [3.8, 4) is 22.8 Å². The van der Waals surface area contributed by atoms with Gasteiger partial charge in [0.15, 0.2) is 0 Å². The number of aromatic carboxylic acids is 1. The average molecular weight is 476 g/mol. The first-order chi connectivity index (χ1) is 17.0. The topological polar surface area (TPSA) is 93.6 Å². The summed E-state index contributed by atoms with van der Waals surface area (Å²) in [5.41, 5.74) is 1.90. The smallest absolute Gasteiger partial charge is 0.339 e. The molecule has 2 N–H and O–H groups in total. The molecule has 35 heavy (non-hydrogen) atoms. The molecule has 1 heterocycles. The number of carboxylic acids is 1. The molecule has 4 rings (SSSR count). The molecule has 3 aromatic carbocycles. The summed E-state index contributed by atoms with van der Waals surface area (Å²) >= 11 is 0. The number of hydrogen-bond donors (Lipinski definition) is 2. The normalized spacial score (nSPS) is 10.8. The van der Waals surface area contributed by atoms with Crippen LogP contribution in [0.2, 0.25) is 0 Å². The highest BCUT2D eigenvalue weighted by atomic mass is 19.1. The van der Waals surface area contributed by atoms with Crippen LogP contribution in [0.3, 0.4) is 0 Å². The standard InChI is InChI=1S/C27H26FN3O4/c1-3-34-23-13-17-7-5-6-8-19(17)26(28)20(23)11-12-29-25-15-22(30-16-31-25)18-9-10-21(27(32)33)24(14-18)35-4-2/h5-10,13-16H,3-4,11-12H2,1-2H3,(H,32,33)(H,29,30,31). The van der Waals surface area contributed by atoms with E-state index in [0.717, 1.165) is 5.39 Å². The van der Waals surface area contributed by atoms with E-state index in [4.69, 9.17) is 9.47 Å². The van der Waals surface area contributed by atoms with Gasteiger partial charge in [-0.3, -0.25) is 0 Å². The van der Waals surface area contributed by atoms with Gasteiger partial charge in [0.25, 0.3) is 0 Å². The zero-order valence-corrected chi connectivity index (χ0v) is 19.5. The van der Waals surface area contributed by atoms with Crippen molar-refractivity contribution in [2.45, 2.75) is 20.3 Å². The molecule has 180 valence electrons. The van der Waals surface area contributed by atoms with Gasteiger partial charge in [-0.05, 0) is 43.9 Å². The van der Waals surface area contributed by atoms with E-state index in [1.807, 2.05) is 31.2 Å². The highest BCUT2D eigenvalue weighted by Crippen LogP contribution is 2.31. The number of aromatic nitrogens is 2. The summed E-state index contributed by atoms with van der Waals surface area (Å²) in [6, 6.07) is 15.8. The van der Waals surface area contributed by atoms with Gasteiger partial charge >= 0.3 is 5.97 Å². The van der Waals surface area contributed by atoms with Crippen LogP contribution in [0.25, 0.3) is 22.0 Å². The maximum Gasteiger partial charge on any atom is 0.339 e. The number of carboxylic acid groups (broad SMARTS) is 1. The number of hydrogen-bond acceptors (Lipinski definition) is 6. The number of ether oxygens (including phenoxy) is 2. The van der Waals surface area contributed by atoms with Crippen LogP contribution in [-0.4, -0.2) is 40.8 Å². The van der Waals surface area contributed by atoms with Crippen molar-refractivity contribution < 1.29 is 23.8 Å². The third kappa shape index (κ3) is 5.32. The van der Waals surface area contributed by atoms with Gasteiger partial charge in [0.1, 0.15) is 35.0 Å². The fourth-order valence-corrected chi connectivity index (χ4v) is 3.90. The molecule has 0 amide bonds. The number of benzene rings is 3. The van der Waals surface area contributed by atoms with Crippen LogP contribution in [-0.2, 0) is 6.42 Å². The third-order valence-electron chi connectivity index (χ3n) is 5.50. The molecule has 0 aliphatic rings. The van der Waals surface area contributed by atoms with Crippen LogP contribution >= 0.6 is 0 Å². The average Bonchev–Trinajstić information content (AvgIpc) is 2.86. The molecule has 0 saturated heterocycles. The molecule has 0 radical (unpaired) electrons. The fourth-order valence-electron chi connectivity index (χ4n) is 3.90. The molecule has 4 aromatic rings. The molecule has 1 aromatic heterocycles. The summed E-state index contributed by atoms with van der Waals surface area (Å²) in [7, 11) is 0. The minimum atomic E-state index is -1.06. The number of anilines is 1. The highest BCUT2D eigenvalue weighted by Gasteiger charge is 2.15. The van der Waals surface area contributed by atoms with Gasteiger partial charge in [-0.2, -0.15) is 0 Å². The Bertz CT molecular complexity index is 1360. The lowest BCUT2D eigenvalue weighted by molar-refractivity contribution is 0.0692. The fraction of sp³-hybridized carbons (Fsp3) is 0.222. The maximum atomic E-state index is 15.3. The van der Waals surface area contributed by atoms with Gasteiger partial charge in [-0.15, -0.1) is 0 Å². The summed E-state index contributed by atoms with van der Waals surface area (Å²) in [4.78, 5) is 20.0. The van der Waals surface area contributed by atoms with E-state index in [0.29, 0.717) is 60.0 Å². The van der Waals surface area contributed by atoms with E-state index in [1.165, 1.54) is 12.4 Å². The minimum absolute atomic E-state index is 0.0884. The van der Waals surface area contributed by atoms with Crippen molar-refractivity contribution >= 4 is 22.6 Å². The molecule has 0 atom stereocenters. The lowest BCUT2D eigenvalue weighted by Gasteiger charge is -2.14. The van der Waals surface area contributed by atoms with E-state index in [1.54, 1.807) is 31.2 Å². The minimum Gasteiger partial charge on any atom is -0.493 e. The number of halogens is 1. The van der Waals surface area contributed by atoms with Crippen LogP contribution in [0.1, 0.15) is 29.8 Å². The molecule has 0 aliphatic heterocycles. The van der Waals surface area contributed by atoms with Crippen molar-refractivity contribution in [1.82, 2.24) is 9.97 Å². The molecule has 0 fully saturated rings. The monoisotopic (exact) mass is 475 g/mol. The molecular weight excluding hydrogens is 449 g/mol. The molecule has 0 unspecified atom stereocenters. The van der Waals surface area contributed by atoms with Gasteiger partial charge in [0.05, 0.1) is 18.9 Å². The second-order valence-electron chi connectivity index (χ2n) is 7.74. The molecule has 7 nitrogen and oxygen atoms in total. The summed E-state index contributed by atoms with van der Waals surface area (Å²) < 4.78 is 26.5. The van der Waals surface area contributed by atoms with Crippen molar-refractivity contribution in [1.29, 1.82) is 0 Å². The largest absolute Gasteiger partial charge is 0.493 e. The van der Waals surface area contributed by atoms with Crippen LogP contribution < -0.4 is 14.8 Å². The van der Waals surface area contributed by atoms with E-state index in [2.05, 4.69) is 15.3 Å². The highest BCUT2D eigenvalue weighted by molar-refractivity contribution is 5.92. The maximum absolute atomic E-state index is 15.3. The zero-order valence-electron chi connectivity index (χ0n) is 19.5. The Labute approximate surface area is 202 Å². The Balaban J connectivity index is 1.53. The zero-order chi connectivity index (χ0) is 24.8. The number of carbonyl (C=O) groups is 1. The van der Waals surface area contributed by atoms with Gasteiger partial charge in [-0.1, -0.05) is 30.3 Å². The Morgan fingerprint density at radius 2 is 1.77 bits per heavy atom. The van der Waals surface area contributed by atoms with E-state index >= 15 is 4.39 Å². The Kier molecular flexibility index (Phi) is 7.40. The first kappa shape index (κ1) is 23.9. The van der Waals surface area contributed by atoms with E-state index in [9.17, 15) is 9.90 Å². The van der Waals surface area contributed by atoms with Crippen LogP contribution in [0.15, 0.2) is 60.9 Å². The van der Waals surface area contributed by atoms with Crippen LogP contribution in [0, 0.1) is 5.82 Å². The van der Waals surface area contributed by atoms with Gasteiger partial charge in [-0.25, -0.2) is 19.2 Å². The Hall–Kier alpha value is -4.20. The summed E-state index contributed by atoms with van der Waals surface area (Å²) in [5, 5.41) is 13.9. The van der Waals surface area contributed by atoms with Crippen molar-refractivity contribution in [2.75, 3.05) is 25.1 Å². The first-order valence-corrected chi connectivity index (χ1v) is 11.4. The SMILES string of the molecule is CCOc1cc(-c2cc(NCCc3c(OCC)cc4ccccc4c3F)ncn2)ccc1C(=O)O. The summed E-state index contributed by atoms with van der Waals surface area (Å²) in [5.74, 6) is 0.0437. The second-order valence-corrected chi connectivity index (χ2v) is 7.74. The molecule has 0 bridgehead atoms. The van der Waals surface area contributed by atoms with Gasteiger partial charge in [0.2, 0.25) is 0 Å². The Morgan fingerprint density at radius 1 is 1.00 bits per heavy atom. The molecule has 8 heteroatoms. The number of rotatable bonds is 10. The van der Waals surface area contributed by atoms with Crippen LogP contribution in [0.4, 0.5) is 10.2 Å². The van der Waals surface area contributed by atoms with E-state index < -0.39 is 5.97 Å². The van der Waals surface area contributed by atoms with E-state index in [-0.39, 0.29) is 17.1 Å². The lowest BCUT2D eigenvalue weighted by atomic mass is 10.0.